The van der Waals surface area contributed by atoms with Gasteiger partial charge in [-0.1, -0.05) is 6.92 Å². The van der Waals surface area contributed by atoms with Crippen molar-refractivity contribution >= 4 is 11.3 Å². The van der Waals surface area contributed by atoms with E-state index in [0.717, 1.165) is 24.9 Å². The van der Waals surface area contributed by atoms with Gasteiger partial charge in [-0.25, -0.2) is 4.98 Å². The number of piperidine rings is 1. The van der Waals surface area contributed by atoms with E-state index in [1.54, 1.807) is 0 Å². The molecule has 1 unspecified atom stereocenters. The number of thiazole rings is 1. The predicted octanol–water partition coefficient (Wildman–Crippen LogP) is 2.67. The lowest BCUT2D eigenvalue weighted by Crippen LogP contribution is -2.35. The molecule has 0 spiro atoms. The Hall–Kier alpha value is -0.450. The highest BCUT2D eigenvalue weighted by molar-refractivity contribution is 7.11. The SMILES string of the molecule is CC1CCCN(CCc2ncc(CNC3CC3)s2)C1. The second-order valence-electron chi connectivity index (χ2n) is 6.17. The van der Waals surface area contributed by atoms with Crippen LogP contribution in [0.4, 0.5) is 0 Å². The first-order valence-corrected chi connectivity index (χ1v) is 8.50. The Labute approximate surface area is 120 Å². The fourth-order valence-electron chi connectivity index (χ4n) is 2.82. The molecule has 1 aliphatic carbocycles. The Kier molecular flexibility index (Phi) is 4.51. The third-order valence-electron chi connectivity index (χ3n) is 4.13. The fourth-order valence-corrected chi connectivity index (χ4v) is 3.68. The van der Waals surface area contributed by atoms with E-state index in [9.17, 15) is 0 Å². The lowest BCUT2D eigenvalue weighted by molar-refractivity contribution is 0.186. The summed E-state index contributed by atoms with van der Waals surface area (Å²) < 4.78 is 0. The van der Waals surface area contributed by atoms with Crippen molar-refractivity contribution in [3.63, 3.8) is 0 Å². The Bertz CT molecular complexity index is 400. The van der Waals surface area contributed by atoms with Crippen LogP contribution >= 0.6 is 11.3 Å². The van der Waals surface area contributed by atoms with Crippen molar-refractivity contribution in [1.82, 2.24) is 15.2 Å². The molecule has 1 saturated carbocycles. The fraction of sp³-hybridized carbons (Fsp3) is 0.800. The molecule has 0 radical (unpaired) electrons. The maximum absolute atomic E-state index is 4.57. The van der Waals surface area contributed by atoms with Gasteiger partial charge in [-0.2, -0.15) is 0 Å². The molecule has 1 aromatic heterocycles. The summed E-state index contributed by atoms with van der Waals surface area (Å²) in [5.41, 5.74) is 0. The van der Waals surface area contributed by atoms with E-state index in [2.05, 4.69) is 28.3 Å². The lowest BCUT2D eigenvalue weighted by atomic mass is 10.0. The van der Waals surface area contributed by atoms with Gasteiger partial charge in [-0.05, 0) is 38.1 Å². The minimum absolute atomic E-state index is 0.792. The number of nitrogens with one attached hydrogen (secondary N) is 1. The van der Waals surface area contributed by atoms with Gasteiger partial charge in [0.2, 0.25) is 0 Å². The standard InChI is InChI=1S/C15H25N3S/c1-12-3-2-7-18(11-12)8-6-15-17-10-14(19-15)9-16-13-4-5-13/h10,12-13,16H,2-9,11H2,1H3. The Balaban J connectivity index is 1.41. The molecule has 2 fully saturated rings. The van der Waals surface area contributed by atoms with Crippen molar-refractivity contribution in [3.8, 4) is 0 Å². The van der Waals surface area contributed by atoms with E-state index in [1.807, 2.05) is 11.3 Å². The number of nitrogens with zero attached hydrogens (tertiary/aromatic N) is 2. The van der Waals surface area contributed by atoms with Gasteiger partial charge >= 0.3 is 0 Å². The van der Waals surface area contributed by atoms with Crippen LogP contribution in [0.1, 0.15) is 42.5 Å². The molecular formula is C15H25N3S. The average molecular weight is 279 g/mol. The summed E-state index contributed by atoms with van der Waals surface area (Å²) >= 11 is 1.89. The van der Waals surface area contributed by atoms with Gasteiger partial charge in [0, 0.05) is 43.2 Å². The first-order valence-electron chi connectivity index (χ1n) is 7.69. The Morgan fingerprint density at radius 3 is 3.11 bits per heavy atom. The van der Waals surface area contributed by atoms with Crippen LogP contribution in [0, 0.1) is 5.92 Å². The predicted molar refractivity (Wildman–Crippen MR) is 80.5 cm³/mol. The molecule has 2 heterocycles. The van der Waals surface area contributed by atoms with Crippen LogP contribution in [-0.2, 0) is 13.0 Å². The second-order valence-corrected chi connectivity index (χ2v) is 7.37. The van der Waals surface area contributed by atoms with E-state index in [0.29, 0.717) is 0 Å². The van der Waals surface area contributed by atoms with Crippen molar-refractivity contribution in [1.29, 1.82) is 0 Å². The van der Waals surface area contributed by atoms with Crippen LogP contribution in [-0.4, -0.2) is 35.6 Å². The highest BCUT2D eigenvalue weighted by atomic mass is 32.1. The normalized spacial score (nSPS) is 24.8. The van der Waals surface area contributed by atoms with E-state index in [-0.39, 0.29) is 0 Å². The Morgan fingerprint density at radius 1 is 1.42 bits per heavy atom. The van der Waals surface area contributed by atoms with Crippen LogP contribution in [0.15, 0.2) is 6.20 Å². The zero-order valence-corrected chi connectivity index (χ0v) is 12.7. The third kappa shape index (κ3) is 4.26. The van der Waals surface area contributed by atoms with E-state index in [4.69, 9.17) is 0 Å². The third-order valence-corrected chi connectivity index (χ3v) is 5.18. The number of rotatable bonds is 6. The molecule has 106 valence electrons. The summed E-state index contributed by atoms with van der Waals surface area (Å²) in [5, 5.41) is 4.87. The summed E-state index contributed by atoms with van der Waals surface area (Å²) in [6, 6.07) is 0.792. The second kappa shape index (κ2) is 6.33. The zero-order valence-electron chi connectivity index (χ0n) is 11.9. The largest absolute Gasteiger partial charge is 0.309 e. The summed E-state index contributed by atoms with van der Waals surface area (Å²) in [5.74, 6) is 0.878. The molecule has 3 nitrogen and oxygen atoms in total. The van der Waals surface area contributed by atoms with Gasteiger partial charge < -0.3 is 10.2 Å². The van der Waals surface area contributed by atoms with Crippen molar-refractivity contribution in [2.24, 2.45) is 5.92 Å². The van der Waals surface area contributed by atoms with Gasteiger partial charge in [-0.3, -0.25) is 0 Å². The van der Waals surface area contributed by atoms with Gasteiger partial charge in [0.25, 0.3) is 0 Å². The highest BCUT2D eigenvalue weighted by Gasteiger charge is 2.20. The molecule has 4 heteroatoms. The molecule has 1 N–H and O–H groups in total. The molecule has 1 aromatic rings. The van der Waals surface area contributed by atoms with Crippen LogP contribution in [0.25, 0.3) is 0 Å². The van der Waals surface area contributed by atoms with Gasteiger partial charge in [0.1, 0.15) is 0 Å². The topological polar surface area (TPSA) is 28.2 Å². The molecule has 0 bridgehead atoms. The van der Waals surface area contributed by atoms with E-state index in [1.165, 1.54) is 55.2 Å². The Morgan fingerprint density at radius 2 is 2.32 bits per heavy atom. The summed E-state index contributed by atoms with van der Waals surface area (Å²) in [6.07, 6.45) is 8.69. The van der Waals surface area contributed by atoms with Gasteiger partial charge in [0.05, 0.1) is 5.01 Å². The molecule has 19 heavy (non-hydrogen) atoms. The van der Waals surface area contributed by atoms with E-state index >= 15 is 0 Å². The van der Waals surface area contributed by atoms with Crippen molar-refractivity contribution in [2.45, 2.75) is 51.6 Å². The zero-order chi connectivity index (χ0) is 13.1. The monoisotopic (exact) mass is 279 g/mol. The molecule has 2 aliphatic rings. The summed E-state index contributed by atoms with van der Waals surface area (Å²) in [6.45, 7) is 7.14. The van der Waals surface area contributed by atoms with Crippen molar-refractivity contribution in [2.75, 3.05) is 19.6 Å². The molecule has 1 atom stereocenters. The summed E-state index contributed by atoms with van der Waals surface area (Å²) in [4.78, 5) is 8.58. The summed E-state index contributed by atoms with van der Waals surface area (Å²) in [7, 11) is 0. The maximum atomic E-state index is 4.57. The molecule has 3 rings (SSSR count). The minimum atomic E-state index is 0.792. The van der Waals surface area contributed by atoms with Gasteiger partial charge in [0.15, 0.2) is 0 Å². The van der Waals surface area contributed by atoms with Crippen LogP contribution < -0.4 is 5.32 Å². The minimum Gasteiger partial charge on any atom is -0.309 e. The lowest BCUT2D eigenvalue weighted by Gasteiger charge is -2.30. The van der Waals surface area contributed by atoms with Crippen molar-refractivity contribution in [3.05, 3.63) is 16.1 Å². The van der Waals surface area contributed by atoms with Gasteiger partial charge in [-0.15, -0.1) is 11.3 Å². The maximum Gasteiger partial charge on any atom is 0.0940 e. The smallest absolute Gasteiger partial charge is 0.0940 e. The van der Waals surface area contributed by atoms with Crippen LogP contribution in [0.5, 0.6) is 0 Å². The number of likely N-dealkylation sites (tertiary alicyclic amines) is 1. The van der Waals surface area contributed by atoms with Crippen molar-refractivity contribution < 1.29 is 0 Å². The number of aromatic nitrogens is 1. The molecule has 1 aliphatic heterocycles. The number of hydrogen-bond donors (Lipinski definition) is 1. The number of hydrogen-bond acceptors (Lipinski definition) is 4. The van der Waals surface area contributed by atoms with Crippen LogP contribution in [0.3, 0.4) is 0 Å². The van der Waals surface area contributed by atoms with E-state index < -0.39 is 0 Å². The molecular weight excluding hydrogens is 254 g/mol. The quantitative estimate of drug-likeness (QED) is 0.868. The molecule has 0 aromatic carbocycles. The molecule has 0 amide bonds. The average Bonchev–Trinajstić information content (AvgIpc) is 3.13. The van der Waals surface area contributed by atoms with Crippen LogP contribution in [0.2, 0.25) is 0 Å². The first-order chi connectivity index (χ1) is 9.29. The first kappa shape index (κ1) is 13.5. The highest BCUT2D eigenvalue weighted by Crippen LogP contribution is 2.21. The molecule has 1 saturated heterocycles.